The standard InChI is InChI=1S/C11H12N4OS/c12-14-13-6-8-4-11(16)15(7-8)9-2-1-3-10(17)5-9/h1-3,5,8,17H,4,6-7H2. The van der Waals surface area contributed by atoms with E-state index in [0.717, 1.165) is 10.6 Å². The van der Waals surface area contributed by atoms with Gasteiger partial charge in [0.15, 0.2) is 0 Å². The number of amides is 1. The third kappa shape index (κ3) is 2.72. The van der Waals surface area contributed by atoms with Crippen LogP contribution in [0.3, 0.4) is 0 Å². The molecule has 1 fully saturated rings. The van der Waals surface area contributed by atoms with Crippen LogP contribution < -0.4 is 4.90 Å². The van der Waals surface area contributed by atoms with Gasteiger partial charge in [0.2, 0.25) is 5.91 Å². The van der Waals surface area contributed by atoms with Crippen molar-refractivity contribution in [2.24, 2.45) is 11.0 Å². The number of hydrogen-bond acceptors (Lipinski definition) is 3. The van der Waals surface area contributed by atoms with Crippen LogP contribution >= 0.6 is 12.6 Å². The Bertz CT molecular complexity index is 484. The summed E-state index contributed by atoms with van der Waals surface area (Å²) in [5.41, 5.74) is 9.11. The van der Waals surface area contributed by atoms with Gasteiger partial charge in [0, 0.05) is 35.0 Å². The molecule has 1 atom stereocenters. The zero-order valence-corrected chi connectivity index (χ0v) is 10.0. The first-order chi connectivity index (χ1) is 8.20. The van der Waals surface area contributed by atoms with Gasteiger partial charge in [-0.15, -0.1) is 12.6 Å². The second-order valence-electron chi connectivity index (χ2n) is 4.01. The summed E-state index contributed by atoms with van der Waals surface area (Å²) < 4.78 is 0. The van der Waals surface area contributed by atoms with Gasteiger partial charge in [-0.3, -0.25) is 4.79 Å². The fourth-order valence-corrected chi connectivity index (χ4v) is 2.18. The molecule has 2 rings (SSSR count). The molecule has 1 aliphatic rings. The lowest BCUT2D eigenvalue weighted by molar-refractivity contribution is -0.117. The molecule has 88 valence electrons. The van der Waals surface area contributed by atoms with E-state index in [9.17, 15) is 4.79 Å². The molecule has 5 nitrogen and oxygen atoms in total. The molecule has 0 bridgehead atoms. The van der Waals surface area contributed by atoms with Gasteiger partial charge in [-0.25, -0.2) is 0 Å². The fourth-order valence-electron chi connectivity index (χ4n) is 1.97. The van der Waals surface area contributed by atoms with Crippen molar-refractivity contribution < 1.29 is 4.79 Å². The number of rotatable bonds is 3. The molecule has 1 saturated heterocycles. The summed E-state index contributed by atoms with van der Waals surface area (Å²) in [6.07, 6.45) is 0.440. The molecule has 1 heterocycles. The molecule has 0 aliphatic carbocycles. The number of anilines is 1. The maximum absolute atomic E-state index is 11.8. The van der Waals surface area contributed by atoms with Crippen LogP contribution in [0.1, 0.15) is 6.42 Å². The van der Waals surface area contributed by atoms with Crippen LogP contribution in [-0.4, -0.2) is 19.0 Å². The lowest BCUT2D eigenvalue weighted by Crippen LogP contribution is -2.24. The van der Waals surface area contributed by atoms with Gasteiger partial charge in [-0.2, -0.15) is 0 Å². The van der Waals surface area contributed by atoms with Gasteiger partial charge in [0.25, 0.3) is 0 Å². The number of hydrogen-bond donors (Lipinski definition) is 1. The zero-order valence-electron chi connectivity index (χ0n) is 9.15. The van der Waals surface area contributed by atoms with Crippen LogP contribution in [0.5, 0.6) is 0 Å². The van der Waals surface area contributed by atoms with Crippen LogP contribution in [0, 0.1) is 5.92 Å². The van der Waals surface area contributed by atoms with Crippen LogP contribution in [0.25, 0.3) is 10.4 Å². The minimum absolute atomic E-state index is 0.0714. The van der Waals surface area contributed by atoms with Crippen molar-refractivity contribution >= 4 is 24.2 Å². The van der Waals surface area contributed by atoms with Gasteiger partial charge in [0.05, 0.1) is 0 Å². The molecule has 17 heavy (non-hydrogen) atoms. The van der Waals surface area contributed by atoms with Crippen LogP contribution in [0.15, 0.2) is 34.3 Å². The van der Waals surface area contributed by atoms with Gasteiger partial charge in [-0.1, -0.05) is 11.2 Å². The Kier molecular flexibility index (Phi) is 3.56. The van der Waals surface area contributed by atoms with E-state index in [4.69, 9.17) is 5.53 Å². The quantitative estimate of drug-likeness (QED) is 0.380. The lowest BCUT2D eigenvalue weighted by atomic mass is 10.1. The van der Waals surface area contributed by atoms with Crippen LogP contribution in [-0.2, 0) is 4.79 Å². The number of carbonyl (C=O) groups is 1. The van der Waals surface area contributed by atoms with E-state index < -0.39 is 0 Å². The molecular weight excluding hydrogens is 236 g/mol. The van der Waals surface area contributed by atoms with Crippen LogP contribution in [0.2, 0.25) is 0 Å². The first-order valence-corrected chi connectivity index (χ1v) is 5.75. The summed E-state index contributed by atoms with van der Waals surface area (Å²) in [5, 5.41) is 3.52. The molecule has 0 radical (unpaired) electrons. The van der Waals surface area contributed by atoms with Crippen molar-refractivity contribution in [1.29, 1.82) is 0 Å². The van der Waals surface area contributed by atoms with E-state index in [1.54, 1.807) is 4.90 Å². The Hall–Kier alpha value is -1.65. The maximum Gasteiger partial charge on any atom is 0.227 e. The maximum atomic E-state index is 11.8. The van der Waals surface area contributed by atoms with E-state index in [-0.39, 0.29) is 11.8 Å². The van der Waals surface area contributed by atoms with Gasteiger partial charge in [-0.05, 0) is 29.6 Å². The summed E-state index contributed by atoms with van der Waals surface area (Å²) in [5.74, 6) is 0.184. The largest absolute Gasteiger partial charge is 0.312 e. The average Bonchev–Trinajstić information content (AvgIpc) is 2.68. The van der Waals surface area contributed by atoms with Gasteiger partial charge in [0.1, 0.15) is 0 Å². The van der Waals surface area contributed by atoms with Crippen molar-refractivity contribution in [2.45, 2.75) is 11.3 Å². The van der Waals surface area contributed by atoms with E-state index in [0.29, 0.717) is 19.5 Å². The molecule has 1 aromatic carbocycles. The molecule has 0 N–H and O–H groups in total. The molecule has 1 aromatic rings. The third-order valence-electron chi connectivity index (χ3n) is 2.75. The molecule has 0 aromatic heterocycles. The van der Waals surface area contributed by atoms with Crippen molar-refractivity contribution in [3.05, 3.63) is 34.7 Å². The molecule has 1 aliphatic heterocycles. The second-order valence-corrected chi connectivity index (χ2v) is 4.52. The van der Waals surface area contributed by atoms with Crippen LogP contribution in [0.4, 0.5) is 5.69 Å². The summed E-state index contributed by atoms with van der Waals surface area (Å²) in [6, 6.07) is 7.47. The normalized spacial score (nSPS) is 19.2. The van der Waals surface area contributed by atoms with E-state index in [1.165, 1.54) is 0 Å². The van der Waals surface area contributed by atoms with E-state index >= 15 is 0 Å². The zero-order chi connectivity index (χ0) is 12.3. The number of thiol groups is 1. The molecular formula is C11H12N4OS. The SMILES string of the molecule is [N-]=[N+]=NCC1CC(=O)N(c2cccc(S)c2)C1. The van der Waals surface area contributed by atoms with E-state index in [2.05, 4.69) is 22.7 Å². The number of carbonyl (C=O) groups excluding carboxylic acids is 1. The van der Waals surface area contributed by atoms with Crippen molar-refractivity contribution in [3.63, 3.8) is 0 Å². The number of nitrogens with zero attached hydrogens (tertiary/aromatic N) is 4. The van der Waals surface area contributed by atoms with Crippen molar-refractivity contribution in [3.8, 4) is 0 Å². The van der Waals surface area contributed by atoms with E-state index in [1.807, 2.05) is 24.3 Å². The fraction of sp³-hybridized carbons (Fsp3) is 0.364. The highest BCUT2D eigenvalue weighted by atomic mass is 32.1. The molecule has 0 spiro atoms. The predicted octanol–water partition coefficient (Wildman–Crippen LogP) is 2.64. The molecule has 1 amide bonds. The first-order valence-electron chi connectivity index (χ1n) is 5.31. The highest BCUT2D eigenvalue weighted by Crippen LogP contribution is 2.26. The average molecular weight is 248 g/mol. The predicted molar refractivity (Wildman–Crippen MR) is 68.2 cm³/mol. The Morgan fingerprint density at radius 1 is 1.59 bits per heavy atom. The highest BCUT2D eigenvalue weighted by molar-refractivity contribution is 7.80. The Balaban J connectivity index is 2.12. The summed E-state index contributed by atoms with van der Waals surface area (Å²) in [4.78, 5) is 17.1. The van der Waals surface area contributed by atoms with Gasteiger partial charge < -0.3 is 4.90 Å². The van der Waals surface area contributed by atoms with Gasteiger partial charge >= 0.3 is 0 Å². The van der Waals surface area contributed by atoms with Crippen molar-refractivity contribution in [2.75, 3.05) is 18.0 Å². The smallest absolute Gasteiger partial charge is 0.227 e. The second kappa shape index (κ2) is 5.12. The number of azide groups is 1. The minimum Gasteiger partial charge on any atom is -0.312 e. The minimum atomic E-state index is 0.0714. The first kappa shape index (κ1) is 11.8. The number of benzene rings is 1. The Labute approximate surface area is 104 Å². The molecule has 0 saturated carbocycles. The Morgan fingerprint density at radius 2 is 2.41 bits per heavy atom. The van der Waals surface area contributed by atoms with Crippen molar-refractivity contribution in [1.82, 2.24) is 0 Å². The summed E-state index contributed by atoms with van der Waals surface area (Å²) >= 11 is 4.25. The summed E-state index contributed by atoms with van der Waals surface area (Å²) in [6.45, 7) is 0.981. The lowest BCUT2D eigenvalue weighted by Gasteiger charge is -2.16. The summed E-state index contributed by atoms with van der Waals surface area (Å²) in [7, 11) is 0. The highest BCUT2D eigenvalue weighted by Gasteiger charge is 2.29. The molecule has 6 heteroatoms. The monoisotopic (exact) mass is 248 g/mol. The Morgan fingerprint density at radius 3 is 3.12 bits per heavy atom. The third-order valence-corrected chi connectivity index (χ3v) is 3.03. The molecule has 1 unspecified atom stereocenters. The topological polar surface area (TPSA) is 69.1 Å².